The fraction of sp³-hybridized carbons (Fsp3) is 0.0455. The summed E-state index contributed by atoms with van der Waals surface area (Å²) in [6.45, 7) is 0. The van der Waals surface area contributed by atoms with Gasteiger partial charge in [0.2, 0.25) is 11.0 Å². The van der Waals surface area contributed by atoms with Crippen LogP contribution in [0, 0.1) is 10.1 Å². The Balaban J connectivity index is 1.36. The van der Waals surface area contributed by atoms with Crippen molar-refractivity contribution < 1.29 is 23.7 Å². The number of anilines is 1. The molecule has 1 aromatic heterocycles. The van der Waals surface area contributed by atoms with Crippen molar-refractivity contribution in [2.45, 2.75) is 0 Å². The molecule has 12 heteroatoms. The van der Waals surface area contributed by atoms with Gasteiger partial charge in [-0.25, -0.2) is 9.78 Å². The van der Waals surface area contributed by atoms with Crippen LogP contribution in [0.5, 0.6) is 5.75 Å². The van der Waals surface area contributed by atoms with Crippen molar-refractivity contribution in [2.75, 3.05) is 12.4 Å². The number of fused-ring (bicyclic) bond motifs is 1. The highest BCUT2D eigenvalue weighted by atomic mass is 35.5. The van der Waals surface area contributed by atoms with Gasteiger partial charge >= 0.3 is 11.7 Å². The first kappa shape index (κ1) is 23.1. The number of benzene rings is 3. The van der Waals surface area contributed by atoms with Gasteiger partial charge in [0.1, 0.15) is 5.52 Å². The number of hydrogen-bond donors (Lipinski definition) is 2. The van der Waals surface area contributed by atoms with Crippen LogP contribution in [0.25, 0.3) is 22.6 Å². The minimum absolute atomic E-state index is 0.0299. The van der Waals surface area contributed by atoms with E-state index in [0.717, 1.165) is 6.07 Å². The summed E-state index contributed by atoms with van der Waals surface area (Å²) in [5.74, 6) is 0.436. The number of oxazole rings is 1. The summed E-state index contributed by atoms with van der Waals surface area (Å²) in [5.41, 5.74) is 2.10. The smallest absolute Gasteiger partial charge is 0.329 e. The lowest BCUT2D eigenvalue weighted by atomic mass is 10.2. The van der Waals surface area contributed by atoms with E-state index >= 15 is 0 Å². The standard InChI is InChI=1S/C22H15ClN4O6S/c1-32-19-8-4-13(10-17(19)27(30)31)21(28)34-26-22(29)24-15-6-2-12(3-7-15)20-25-16-11-14(23)5-9-18(16)33-20/h2-11H,1H3,(H2,24,26,29). The minimum Gasteiger partial charge on any atom is -0.490 e. The first-order chi connectivity index (χ1) is 16.3. The van der Waals surface area contributed by atoms with E-state index in [4.69, 9.17) is 20.8 Å². The number of carbonyl (C=O) groups excluding carboxylic acids is 2. The van der Waals surface area contributed by atoms with Crippen molar-refractivity contribution >= 4 is 57.2 Å². The van der Waals surface area contributed by atoms with Gasteiger partial charge in [-0.1, -0.05) is 11.6 Å². The number of rotatable bonds is 5. The summed E-state index contributed by atoms with van der Waals surface area (Å²) >= 11 is 6.47. The van der Waals surface area contributed by atoms with Crippen molar-refractivity contribution in [3.8, 4) is 17.2 Å². The average Bonchev–Trinajstić information content (AvgIpc) is 3.25. The van der Waals surface area contributed by atoms with Gasteiger partial charge in [-0.05, 0) is 54.6 Å². The summed E-state index contributed by atoms with van der Waals surface area (Å²) in [4.78, 5) is 39.3. The Morgan fingerprint density at radius 2 is 1.88 bits per heavy atom. The second-order valence-electron chi connectivity index (χ2n) is 6.80. The first-order valence-corrected chi connectivity index (χ1v) is 10.8. The summed E-state index contributed by atoms with van der Waals surface area (Å²) in [7, 11) is 1.29. The third-order valence-electron chi connectivity index (χ3n) is 4.59. The molecule has 4 rings (SSSR count). The van der Waals surface area contributed by atoms with E-state index in [0.29, 0.717) is 45.2 Å². The van der Waals surface area contributed by atoms with Crippen molar-refractivity contribution in [1.82, 2.24) is 9.71 Å². The molecule has 0 saturated carbocycles. The molecule has 172 valence electrons. The van der Waals surface area contributed by atoms with Gasteiger partial charge in [-0.15, -0.1) is 0 Å². The van der Waals surface area contributed by atoms with E-state index in [1.54, 1.807) is 42.5 Å². The van der Waals surface area contributed by atoms with Crippen molar-refractivity contribution in [3.63, 3.8) is 0 Å². The fourth-order valence-corrected chi connectivity index (χ4v) is 3.64. The quantitative estimate of drug-likeness (QED) is 0.204. The van der Waals surface area contributed by atoms with Gasteiger partial charge in [-0.2, -0.15) is 0 Å². The van der Waals surface area contributed by atoms with Crippen LogP contribution in [0.1, 0.15) is 10.4 Å². The SMILES string of the molecule is COc1ccc(C(=O)SNC(=O)Nc2ccc(-c3nc4cc(Cl)ccc4o3)cc2)cc1[N+](=O)[O-]. The predicted octanol–water partition coefficient (Wildman–Crippen LogP) is 5.68. The highest BCUT2D eigenvalue weighted by Gasteiger charge is 2.19. The lowest BCUT2D eigenvalue weighted by Crippen LogP contribution is -2.24. The lowest BCUT2D eigenvalue weighted by molar-refractivity contribution is -0.385. The molecule has 1 heterocycles. The Kier molecular flexibility index (Phi) is 6.66. The molecule has 3 aromatic carbocycles. The number of amides is 2. The van der Waals surface area contributed by atoms with Crippen molar-refractivity contribution in [2.24, 2.45) is 0 Å². The number of urea groups is 1. The Bertz CT molecular complexity index is 1410. The van der Waals surface area contributed by atoms with Crippen molar-refractivity contribution in [3.05, 3.63) is 81.4 Å². The van der Waals surface area contributed by atoms with Gasteiger partial charge in [0.25, 0.3) is 0 Å². The molecule has 0 aliphatic carbocycles. The number of aromatic nitrogens is 1. The molecule has 0 spiro atoms. The topological polar surface area (TPSA) is 137 Å². The van der Waals surface area contributed by atoms with Crippen LogP contribution in [-0.2, 0) is 0 Å². The predicted molar refractivity (Wildman–Crippen MR) is 128 cm³/mol. The Labute approximate surface area is 201 Å². The van der Waals surface area contributed by atoms with Gasteiger partial charge in [-0.3, -0.25) is 19.6 Å². The molecule has 4 aromatic rings. The molecular formula is C22H15ClN4O6S. The normalized spacial score (nSPS) is 10.6. The number of methoxy groups -OCH3 is 1. The van der Waals surface area contributed by atoms with Gasteiger partial charge in [0.05, 0.1) is 12.0 Å². The second kappa shape index (κ2) is 9.81. The number of nitro benzene ring substituents is 1. The van der Waals surface area contributed by atoms with E-state index in [9.17, 15) is 19.7 Å². The van der Waals surface area contributed by atoms with E-state index < -0.39 is 16.1 Å². The Morgan fingerprint density at radius 1 is 1.12 bits per heavy atom. The molecule has 0 atom stereocenters. The second-order valence-corrected chi connectivity index (χ2v) is 8.01. The molecule has 0 fully saturated rings. The van der Waals surface area contributed by atoms with Crippen LogP contribution in [0.3, 0.4) is 0 Å². The monoisotopic (exact) mass is 498 g/mol. The molecule has 2 amide bonds. The van der Waals surface area contributed by atoms with E-state index in [1.165, 1.54) is 19.2 Å². The van der Waals surface area contributed by atoms with Crippen LogP contribution in [0.2, 0.25) is 5.02 Å². The molecule has 0 unspecified atom stereocenters. The number of halogens is 1. The van der Waals surface area contributed by atoms with Crippen LogP contribution >= 0.6 is 23.5 Å². The third kappa shape index (κ3) is 5.11. The number of nitrogens with zero attached hydrogens (tertiary/aromatic N) is 2. The van der Waals surface area contributed by atoms with Crippen LogP contribution in [0.4, 0.5) is 16.2 Å². The summed E-state index contributed by atoms with van der Waals surface area (Å²) in [6, 6.07) is 15.0. The molecular weight excluding hydrogens is 484 g/mol. The van der Waals surface area contributed by atoms with Crippen LogP contribution < -0.4 is 14.8 Å². The van der Waals surface area contributed by atoms with E-state index in [1.807, 2.05) is 0 Å². The maximum atomic E-state index is 12.3. The summed E-state index contributed by atoms with van der Waals surface area (Å²) in [6.07, 6.45) is 0. The summed E-state index contributed by atoms with van der Waals surface area (Å²) < 4.78 is 13.0. The number of nitro groups is 1. The average molecular weight is 499 g/mol. The largest absolute Gasteiger partial charge is 0.490 e. The molecule has 0 aliphatic heterocycles. The highest BCUT2D eigenvalue weighted by molar-refractivity contribution is 8.12. The molecule has 0 bridgehead atoms. The maximum Gasteiger partial charge on any atom is 0.329 e. The fourth-order valence-electron chi connectivity index (χ4n) is 2.99. The van der Waals surface area contributed by atoms with Crippen LogP contribution in [-0.4, -0.2) is 28.2 Å². The zero-order valence-electron chi connectivity index (χ0n) is 17.4. The first-order valence-electron chi connectivity index (χ1n) is 9.61. The van der Waals surface area contributed by atoms with Crippen molar-refractivity contribution in [1.29, 1.82) is 0 Å². The Hall–Kier alpha value is -4.09. The van der Waals surface area contributed by atoms with E-state index in [2.05, 4.69) is 15.0 Å². The zero-order valence-corrected chi connectivity index (χ0v) is 19.0. The summed E-state index contributed by atoms with van der Waals surface area (Å²) in [5, 5.41) is 13.7. The molecule has 0 radical (unpaired) electrons. The Morgan fingerprint density at radius 3 is 2.59 bits per heavy atom. The van der Waals surface area contributed by atoms with Gasteiger partial charge < -0.3 is 14.5 Å². The highest BCUT2D eigenvalue weighted by Crippen LogP contribution is 2.29. The third-order valence-corrected chi connectivity index (χ3v) is 5.53. The maximum absolute atomic E-state index is 12.3. The number of hydrogen-bond acceptors (Lipinski definition) is 8. The van der Waals surface area contributed by atoms with E-state index in [-0.39, 0.29) is 17.0 Å². The lowest BCUT2D eigenvalue weighted by Gasteiger charge is -2.07. The van der Waals surface area contributed by atoms with Gasteiger partial charge in [0, 0.05) is 39.9 Å². The molecule has 2 N–H and O–H groups in total. The molecule has 34 heavy (non-hydrogen) atoms. The molecule has 0 saturated heterocycles. The molecule has 10 nitrogen and oxygen atoms in total. The number of ether oxygens (including phenoxy) is 1. The zero-order chi connectivity index (χ0) is 24.2. The van der Waals surface area contributed by atoms with Gasteiger partial charge in [0.15, 0.2) is 11.3 Å². The number of carbonyl (C=O) groups is 2. The minimum atomic E-state index is -0.653. The molecule has 0 aliphatic rings. The number of nitrogens with one attached hydrogen (secondary N) is 2. The van der Waals surface area contributed by atoms with Crippen LogP contribution in [0.15, 0.2) is 65.1 Å².